The summed E-state index contributed by atoms with van der Waals surface area (Å²) in [5.41, 5.74) is 3.94. The highest BCUT2D eigenvalue weighted by molar-refractivity contribution is 14.1. The lowest BCUT2D eigenvalue weighted by Crippen LogP contribution is -2.23. The zero-order chi connectivity index (χ0) is 11.3. The molecule has 3 rings (SSSR count). The molecule has 0 saturated heterocycles. The number of nitrogens with zero attached hydrogens (tertiary/aromatic N) is 2. The predicted molar refractivity (Wildman–Crippen MR) is 69.9 cm³/mol. The van der Waals surface area contributed by atoms with E-state index in [-0.39, 0.29) is 5.56 Å². The van der Waals surface area contributed by atoms with E-state index in [1.165, 1.54) is 0 Å². The van der Waals surface area contributed by atoms with Gasteiger partial charge in [0.25, 0.3) is 5.56 Å². The summed E-state index contributed by atoms with van der Waals surface area (Å²) in [6, 6.07) is 0. The zero-order valence-corrected chi connectivity index (χ0v) is 11.2. The second-order valence-corrected chi connectivity index (χ2v) is 5.33. The van der Waals surface area contributed by atoms with Crippen molar-refractivity contribution in [2.24, 2.45) is 0 Å². The fourth-order valence-corrected chi connectivity index (χ4v) is 2.83. The van der Waals surface area contributed by atoms with Gasteiger partial charge in [-0.25, -0.2) is 4.52 Å². The van der Waals surface area contributed by atoms with Crippen LogP contribution in [0.4, 0.5) is 0 Å². The highest BCUT2D eigenvalue weighted by Crippen LogP contribution is 2.22. The normalized spacial score (nSPS) is 15.4. The Morgan fingerprint density at radius 2 is 2.12 bits per heavy atom. The molecule has 4 nitrogen and oxygen atoms in total. The molecular formula is C11H12IN3O. The number of halogens is 1. The third-order valence-corrected chi connectivity index (χ3v) is 4.48. The van der Waals surface area contributed by atoms with Gasteiger partial charge in [0.2, 0.25) is 0 Å². The van der Waals surface area contributed by atoms with E-state index in [0.29, 0.717) is 0 Å². The first-order valence-electron chi connectivity index (χ1n) is 5.47. The third-order valence-electron chi connectivity index (χ3n) is 3.19. The van der Waals surface area contributed by atoms with Crippen molar-refractivity contribution < 1.29 is 0 Å². The smallest absolute Gasteiger partial charge is 0.254 e. The maximum absolute atomic E-state index is 11.9. The van der Waals surface area contributed by atoms with Crippen LogP contribution in [0.5, 0.6) is 0 Å². The van der Waals surface area contributed by atoms with E-state index in [9.17, 15) is 4.79 Å². The summed E-state index contributed by atoms with van der Waals surface area (Å²) in [6.45, 7) is 1.97. The fourth-order valence-electron chi connectivity index (χ4n) is 2.36. The van der Waals surface area contributed by atoms with Crippen molar-refractivity contribution in [3.05, 3.63) is 30.9 Å². The van der Waals surface area contributed by atoms with E-state index < -0.39 is 0 Å². The molecule has 2 aromatic heterocycles. The summed E-state index contributed by atoms with van der Waals surface area (Å²) < 4.78 is 2.97. The molecular weight excluding hydrogens is 317 g/mol. The largest absolute Gasteiger partial charge is 0.306 e. The van der Waals surface area contributed by atoms with Crippen LogP contribution in [0.15, 0.2) is 4.79 Å². The first-order valence-corrected chi connectivity index (χ1v) is 6.55. The molecule has 0 amide bonds. The number of aromatic nitrogens is 3. The van der Waals surface area contributed by atoms with Gasteiger partial charge in [-0.3, -0.25) is 4.79 Å². The van der Waals surface area contributed by atoms with Gasteiger partial charge < -0.3 is 4.98 Å². The Morgan fingerprint density at radius 3 is 2.94 bits per heavy atom. The molecule has 0 fully saturated rings. The fraction of sp³-hybridized carbons (Fsp3) is 0.455. The lowest BCUT2D eigenvalue weighted by molar-refractivity contribution is 0.634. The Labute approximate surface area is 106 Å². The van der Waals surface area contributed by atoms with Crippen LogP contribution in [0.3, 0.4) is 0 Å². The Hall–Kier alpha value is -0.850. The van der Waals surface area contributed by atoms with Crippen molar-refractivity contribution in [1.82, 2.24) is 14.6 Å². The number of nitrogens with one attached hydrogen (secondary N) is 1. The van der Waals surface area contributed by atoms with Gasteiger partial charge in [-0.15, -0.1) is 0 Å². The monoisotopic (exact) mass is 329 g/mol. The van der Waals surface area contributed by atoms with Gasteiger partial charge in [-0.1, -0.05) is 0 Å². The summed E-state index contributed by atoms with van der Waals surface area (Å²) in [4.78, 5) is 14.9. The molecule has 0 atom stereocenters. The number of rotatable bonds is 0. The van der Waals surface area contributed by atoms with E-state index in [0.717, 1.165) is 51.9 Å². The van der Waals surface area contributed by atoms with Crippen LogP contribution in [-0.2, 0) is 12.8 Å². The zero-order valence-electron chi connectivity index (χ0n) is 9.01. The van der Waals surface area contributed by atoms with Gasteiger partial charge in [0.15, 0.2) is 0 Å². The molecule has 0 saturated carbocycles. The number of H-pyrrole nitrogens is 1. The standard InChI is InChI=1S/C11H12IN3O/c1-6-9(12)10-13-11(16)7-4-2-3-5-8(7)15(10)14-6/h2-5H2,1H3,(H,13,16). The average Bonchev–Trinajstić information content (AvgIpc) is 2.57. The molecule has 0 aliphatic heterocycles. The highest BCUT2D eigenvalue weighted by Gasteiger charge is 2.19. The molecule has 0 spiro atoms. The minimum atomic E-state index is 0.0695. The van der Waals surface area contributed by atoms with Crippen LogP contribution in [0.1, 0.15) is 29.8 Å². The average molecular weight is 329 g/mol. The van der Waals surface area contributed by atoms with E-state index in [1.54, 1.807) is 0 Å². The number of hydrogen-bond donors (Lipinski definition) is 1. The molecule has 84 valence electrons. The summed E-state index contributed by atoms with van der Waals surface area (Å²) in [6.07, 6.45) is 4.11. The third kappa shape index (κ3) is 1.33. The second kappa shape index (κ2) is 3.58. The van der Waals surface area contributed by atoms with Crippen LogP contribution >= 0.6 is 22.6 Å². The van der Waals surface area contributed by atoms with Gasteiger partial charge in [-0.05, 0) is 55.2 Å². The van der Waals surface area contributed by atoms with Crippen molar-refractivity contribution in [2.45, 2.75) is 32.6 Å². The number of fused-ring (bicyclic) bond motifs is 3. The first-order chi connectivity index (χ1) is 7.68. The molecule has 16 heavy (non-hydrogen) atoms. The van der Waals surface area contributed by atoms with Crippen LogP contribution in [0, 0.1) is 10.5 Å². The van der Waals surface area contributed by atoms with Crippen molar-refractivity contribution in [3.63, 3.8) is 0 Å². The van der Waals surface area contributed by atoms with Gasteiger partial charge >= 0.3 is 0 Å². The van der Waals surface area contributed by atoms with Crippen molar-refractivity contribution >= 4 is 28.2 Å². The van der Waals surface area contributed by atoms with E-state index in [4.69, 9.17) is 0 Å². The molecule has 0 aromatic carbocycles. The van der Waals surface area contributed by atoms with Gasteiger partial charge in [0.05, 0.1) is 15.0 Å². The minimum absolute atomic E-state index is 0.0695. The van der Waals surface area contributed by atoms with Crippen molar-refractivity contribution in [2.75, 3.05) is 0 Å². The van der Waals surface area contributed by atoms with Gasteiger partial charge in [0, 0.05) is 5.56 Å². The summed E-state index contributed by atoms with van der Waals surface area (Å²) in [5, 5.41) is 4.51. The summed E-state index contributed by atoms with van der Waals surface area (Å²) in [7, 11) is 0. The summed E-state index contributed by atoms with van der Waals surface area (Å²) in [5.74, 6) is 0. The molecule has 5 heteroatoms. The van der Waals surface area contributed by atoms with Gasteiger partial charge in [0.1, 0.15) is 5.65 Å². The van der Waals surface area contributed by atoms with Crippen LogP contribution in [0.2, 0.25) is 0 Å². The Kier molecular flexibility index (Phi) is 2.31. The Bertz CT molecular complexity index is 626. The Balaban J connectivity index is 2.46. The lowest BCUT2D eigenvalue weighted by atomic mass is 9.97. The molecule has 2 heterocycles. The van der Waals surface area contributed by atoms with E-state index in [1.807, 2.05) is 11.4 Å². The van der Waals surface area contributed by atoms with Crippen LogP contribution in [0.25, 0.3) is 5.65 Å². The minimum Gasteiger partial charge on any atom is -0.306 e. The topological polar surface area (TPSA) is 50.2 Å². The molecule has 1 N–H and O–H groups in total. The second-order valence-electron chi connectivity index (χ2n) is 4.25. The SMILES string of the molecule is Cc1nn2c3c(c(=O)[nH]c2c1I)CCCC3. The molecule has 0 radical (unpaired) electrons. The highest BCUT2D eigenvalue weighted by atomic mass is 127. The van der Waals surface area contributed by atoms with Crippen LogP contribution < -0.4 is 5.56 Å². The number of aromatic amines is 1. The Morgan fingerprint density at radius 1 is 1.38 bits per heavy atom. The number of aryl methyl sites for hydroxylation is 2. The molecule has 1 aliphatic rings. The van der Waals surface area contributed by atoms with Crippen molar-refractivity contribution in [3.8, 4) is 0 Å². The van der Waals surface area contributed by atoms with Crippen molar-refractivity contribution in [1.29, 1.82) is 0 Å². The van der Waals surface area contributed by atoms with E-state index >= 15 is 0 Å². The van der Waals surface area contributed by atoms with Crippen LogP contribution in [-0.4, -0.2) is 14.6 Å². The number of hydrogen-bond acceptors (Lipinski definition) is 2. The first kappa shape index (κ1) is 10.3. The predicted octanol–water partition coefficient (Wildman–Crippen LogP) is 1.81. The molecule has 1 aliphatic carbocycles. The van der Waals surface area contributed by atoms with E-state index in [2.05, 4.69) is 32.7 Å². The summed E-state index contributed by atoms with van der Waals surface area (Å²) >= 11 is 2.24. The lowest BCUT2D eigenvalue weighted by Gasteiger charge is -2.15. The molecule has 0 bridgehead atoms. The molecule has 2 aromatic rings. The maximum atomic E-state index is 11.9. The molecule has 0 unspecified atom stereocenters. The maximum Gasteiger partial charge on any atom is 0.254 e. The van der Waals surface area contributed by atoms with Gasteiger partial charge in [-0.2, -0.15) is 5.10 Å². The quantitative estimate of drug-likeness (QED) is 0.750.